The van der Waals surface area contributed by atoms with E-state index in [1.165, 1.54) is 5.56 Å². The van der Waals surface area contributed by atoms with E-state index in [1.807, 2.05) is 32.3 Å². The maximum absolute atomic E-state index is 5.94. The van der Waals surface area contributed by atoms with Crippen LogP contribution < -0.4 is 5.32 Å². The van der Waals surface area contributed by atoms with Gasteiger partial charge in [0.05, 0.1) is 0 Å². The van der Waals surface area contributed by atoms with E-state index in [9.17, 15) is 0 Å². The summed E-state index contributed by atoms with van der Waals surface area (Å²) in [5.41, 5.74) is 1.21. The SMILES string of the molecule is CNc1nc(CCc2cccc(Cl)c2)n(C)n1. The molecule has 1 N–H and O–H groups in total. The van der Waals surface area contributed by atoms with Gasteiger partial charge in [-0.25, -0.2) is 0 Å². The smallest absolute Gasteiger partial charge is 0.242 e. The van der Waals surface area contributed by atoms with Gasteiger partial charge in [0, 0.05) is 25.5 Å². The van der Waals surface area contributed by atoms with E-state index in [0.717, 1.165) is 23.7 Å². The summed E-state index contributed by atoms with van der Waals surface area (Å²) in [6, 6.07) is 7.90. The molecule has 0 bridgehead atoms. The highest BCUT2D eigenvalue weighted by molar-refractivity contribution is 6.30. The highest BCUT2D eigenvalue weighted by Gasteiger charge is 2.05. The monoisotopic (exact) mass is 250 g/mol. The number of nitrogens with one attached hydrogen (secondary N) is 1. The molecule has 2 aromatic rings. The van der Waals surface area contributed by atoms with Crippen LogP contribution in [0.1, 0.15) is 11.4 Å². The van der Waals surface area contributed by atoms with E-state index in [4.69, 9.17) is 11.6 Å². The third-order valence-corrected chi connectivity index (χ3v) is 2.84. The molecule has 0 amide bonds. The zero-order valence-corrected chi connectivity index (χ0v) is 10.7. The molecule has 2 rings (SSSR count). The summed E-state index contributed by atoms with van der Waals surface area (Å²) in [4.78, 5) is 4.37. The van der Waals surface area contributed by atoms with E-state index in [1.54, 1.807) is 4.68 Å². The number of rotatable bonds is 4. The zero-order valence-electron chi connectivity index (χ0n) is 9.94. The van der Waals surface area contributed by atoms with Gasteiger partial charge in [-0.3, -0.25) is 4.68 Å². The van der Waals surface area contributed by atoms with E-state index in [-0.39, 0.29) is 0 Å². The van der Waals surface area contributed by atoms with Gasteiger partial charge in [0.2, 0.25) is 5.95 Å². The summed E-state index contributed by atoms with van der Waals surface area (Å²) in [6.45, 7) is 0. The topological polar surface area (TPSA) is 42.7 Å². The molecule has 0 spiro atoms. The Morgan fingerprint density at radius 2 is 2.18 bits per heavy atom. The first-order valence-corrected chi connectivity index (χ1v) is 5.89. The number of aryl methyl sites for hydroxylation is 3. The molecule has 0 unspecified atom stereocenters. The Morgan fingerprint density at radius 3 is 2.82 bits per heavy atom. The van der Waals surface area contributed by atoms with Crippen molar-refractivity contribution in [3.8, 4) is 0 Å². The van der Waals surface area contributed by atoms with Crippen molar-refractivity contribution in [1.82, 2.24) is 14.8 Å². The molecule has 4 nitrogen and oxygen atoms in total. The second-order valence-electron chi connectivity index (χ2n) is 3.86. The molecule has 17 heavy (non-hydrogen) atoms. The highest BCUT2D eigenvalue weighted by Crippen LogP contribution is 2.13. The van der Waals surface area contributed by atoms with Crippen LogP contribution in [0.5, 0.6) is 0 Å². The van der Waals surface area contributed by atoms with Crippen LogP contribution in [0.2, 0.25) is 5.02 Å². The fourth-order valence-corrected chi connectivity index (χ4v) is 1.90. The van der Waals surface area contributed by atoms with Crippen molar-refractivity contribution in [3.05, 3.63) is 40.7 Å². The average molecular weight is 251 g/mol. The van der Waals surface area contributed by atoms with Gasteiger partial charge in [-0.1, -0.05) is 23.7 Å². The Bertz CT molecular complexity index is 507. The molecule has 0 saturated heterocycles. The molecule has 1 aromatic carbocycles. The van der Waals surface area contributed by atoms with Gasteiger partial charge in [-0.15, -0.1) is 5.10 Å². The third-order valence-electron chi connectivity index (χ3n) is 2.60. The molecule has 0 atom stereocenters. The van der Waals surface area contributed by atoms with Crippen molar-refractivity contribution in [2.45, 2.75) is 12.8 Å². The second kappa shape index (κ2) is 5.19. The summed E-state index contributed by atoms with van der Waals surface area (Å²) >= 11 is 5.94. The van der Waals surface area contributed by atoms with E-state index < -0.39 is 0 Å². The number of nitrogens with zero attached hydrogens (tertiary/aromatic N) is 3. The first-order valence-electron chi connectivity index (χ1n) is 5.51. The average Bonchev–Trinajstić information content (AvgIpc) is 2.68. The number of hydrogen-bond donors (Lipinski definition) is 1. The quantitative estimate of drug-likeness (QED) is 0.906. The largest absolute Gasteiger partial charge is 0.356 e. The van der Waals surface area contributed by atoms with Gasteiger partial charge < -0.3 is 5.32 Å². The highest BCUT2D eigenvalue weighted by atomic mass is 35.5. The third kappa shape index (κ3) is 2.97. The maximum atomic E-state index is 5.94. The summed E-state index contributed by atoms with van der Waals surface area (Å²) in [5.74, 6) is 1.63. The minimum atomic E-state index is 0.661. The van der Waals surface area contributed by atoms with Crippen LogP contribution in [-0.2, 0) is 19.9 Å². The van der Waals surface area contributed by atoms with Crippen LogP contribution in [-0.4, -0.2) is 21.8 Å². The van der Waals surface area contributed by atoms with Crippen molar-refractivity contribution in [2.24, 2.45) is 7.05 Å². The lowest BCUT2D eigenvalue weighted by Gasteiger charge is -2.01. The lowest BCUT2D eigenvalue weighted by Crippen LogP contribution is -2.01. The van der Waals surface area contributed by atoms with Crippen LogP contribution in [0.25, 0.3) is 0 Å². The number of hydrogen-bond acceptors (Lipinski definition) is 3. The number of benzene rings is 1. The number of halogens is 1. The molecule has 0 radical (unpaired) electrons. The molecule has 90 valence electrons. The normalized spacial score (nSPS) is 10.5. The summed E-state index contributed by atoms with van der Waals surface area (Å²) in [7, 11) is 3.72. The lowest BCUT2D eigenvalue weighted by atomic mass is 10.1. The Hall–Kier alpha value is -1.55. The van der Waals surface area contributed by atoms with E-state index in [0.29, 0.717) is 5.95 Å². The molecule has 1 aromatic heterocycles. The fourth-order valence-electron chi connectivity index (χ4n) is 1.69. The van der Waals surface area contributed by atoms with Crippen LogP contribution in [0.3, 0.4) is 0 Å². The summed E-state index contributed by atoms with van der Waals surface area (Å²) in [6.07, 6.45) is 1.77. The number of aromatic nitrogens is 3. The molecule has 0 fully saturated rings. The second-order valence-corrected chi connectivity index (χ2v) is 4.29. The predicted molar refractivity (Wildman–Crippen MR) is 69.4 cm³/mol. The van der Waals surface area contributed by atoms with Crippen molar-refractivity contribution >= 4 is 17.5 Å². The van der Waals surface area contributed by atoms with Gasteiger partial charge in [0.1, 0.15) is 5.82 Å². The Balaban J connectivity index is 2.04. The minimum Gasteiger partial charge on any atom is -0.356 e. The standard InChI is InChI=1S/C12H15ClN4/c1-14-12-15-11(17(2)16-12)7-6-9-4-3-5-10(13)8-9/h3-5,8H,6-7H2,1-2H3,(H,14,16). The van der Waals surface area contributed by atoms with Crippen molar-refractivity contribution in [2.75, 3.05) is 12.4 Å². The van der Waals surface area contributed by atoms with Gasteiger partial charge in [0.25, 0.3) is 0 Å². The molecule has 1 heterocycles. The number of anilines is 1. The molecule has 0 aliphatic carbocycles. The maximum Gasteiger partial charge on any atom is 0.242 e. The Kier molecular flexibility index (Phi) is 3.64. The summed E-state index contributed by atoms with van der Waals surface area (Å²) < 4.78 is 1.80. The van der Waals surface area contributed by atoms with Gasteiger partial charge >= 0.3 is 0 Å². The molecule has 5 heteroatoms. The molecule has 0 aliphatic rings. The zero-order chi connectivity index (χ0) is 12.3. The fraction of sp³-hybridized carbons (Fsp3) is 0.333. The predicted octanol–water partition coefficient (Wildman–Crippen LogP) is 2.30. The Labute approximate surface area is 106 Å². The molecular formula is C12H15ClN4. The lowest BCUT2D eigenvalue weighted by molar-refractivity contribution is 0.693. The van der Waals surface area contributed by atoms with Gasteiger partial charge in [-0.05, 0) is 24.1 Å². The first-order chi connectivity index (χ1) is 8.19. The van der Waals surface area contributed by atoms with Crippen LogP contribution in [0.15, 0.2) is 24.3 Å². The minimum absolute atomic E-state index is 0.661. The van der Waals surface area contributed by atoms with Crippen LogP contribution in [0.4, 0.5) is 5.95 Å². The van der Waals surface area contributed by atoms with E-state index in [2.05, 4.69) is 21.5 Å². The van der Waals surface area contributed by atoms with Crippen molar-refractivity contribution in [3.63, 3.8) is 0 Å². The molecule has 0 aliphatic heterocycles. The van der Waals surface area contributed by atoms with Crippen LogP contribution >= 0.6 is 11.6 Å². The van der Waals surface area contributed by atoms with Crippen LogP contribution in [0, 0.1) is 0 Å². The first kappa shape index (κ1) is 11.9. The van der Waals surface area contributed by atoms with Crippen molar-refractivity contribution in [1.29, 1.82) is 0 Å². The van der Waals surface area contributed by atoms with Gasteiger partial charge in [-0.2, -0.15) is 4.98 Å². The molecule has 0 saturated carbocycles. The summed E-state index contributed by atoms with van der Waals surface area (Å²) in [5, 5.41) is 7.93. The Morgan fingerprint density at radius 1 is 1.35 bits per heavy atom. The van der Waals surface area contributed by atoms with Crippen molar-refractivity contribution < 1.29 is 0 Å². The van der Waals surface area contributed by atoms with E-state index >= 15 is 0 Å². The van der Waals surface area contributed by atoms with Gasteiger partial charge in [0.15, 0.2) is 0 Å². The molecular weight excluding hydrogens is 236 g/mol.